The minimum absolute atomic E-state index is 0.0634. The van der Waals surface area contributed by atoms with E-state index in [1.54, 1.807) is 32.6 Å². The van der Waals surface area contributed by atoms with Gasteiger partial charge in [0.05, 0.1) is 17.4 Å². The van der Waals surface area contributed by atoms with Crippen LogP contribution in [0.5, 0.6) is 0 Å². The number of nitrogens with one attached hydrogen (secondary N) is 1. The SMILES string of the molecule is Cc1nn(C(C)C)c(C)c1S(=O)(=O)N[C@H](C)C(=O)N(C)C. The van der Waals surface area contributed by atoms with Crippen molar-refractivity contribution in [2.45, 2.75) is 51.6 Å². The summed E-state index contributed by atoms with van der Waals surface area (Å²) in [5, 5.41) is 4.27. The summed E-state index contributed by atoms with van der Waals surface area (Å²) in [6, 6.07) is -0.764. The van der Waals surface area contributed by atoms with E-state index >= 15 is 0 Å². The Morgan fingerprint density at radius 3 is 2.14 bits per heavy atom. The molecule has 8 heteroatoms. The summed E-state index contributed by atoms with van der Waals surface area (Å²) in [5.74, 6) is -0.301. The van der Waals surface area contributed by atoms with Crippen LogP contribution in [-0.2, 0) is 14.8 Å². The normalized spacial score (nSPS) is 13.5. The Balaban J connectivity index is 3.18. The first-order chi connectivity index (χ1) is 9.49. The molecule has 0 aliphatic carbocycles. The van der Waals surface area contributed by atoms with Crippen molar-refractivity contribution in [3.8, 4) is 0 Å². The zero-order valence-corrected chi connectivity index (χ0v) is 14.4. The van der Waals surface area contributed by atoms with E-state index in [4.69, 9.17) is 0 Å². The quantitative estimate of drug-likeness (QED) is 0.872. The average molecular weight is 316 g/mol. The van der Waals surface area contributed by atoms with Crippen molar-refractivity contribution in [3.63, 3.8) is 0 Å². The van der Waals surface area contributed by atoms with Crippen molar-refractivity contribution in [2.75, 3.05) is 14.1 Å². The van der Waals surface area contributed by atoms with Gasteiger partial charge in [-0.3, -0.25) is 9.48 Å². The first-order valence-corrected chi connectivity index (χ1v) is 8.26. The Hall–Kier alpha value is -1.41. The number of hydrogen-bond donors (Lipinski definition) is 1. The molecule has 1 amide bonds. The van der Waals surface area contributed by atoms with Gasteiger partial charge in [0.2, 0.25) is 15.9 Å². The standard InChI is InChI=1S/C13H24N4O3S/c1-8(2)17-11(5)12(9(3)14-17)21(19,20)15-10(4)13(18)16(6)7/h8,10,15H,1-7H3/t10-/m1/s1. The summed E-state index contributed by atoms with van der Waals surface area (Å²) in [7, 11) is -0.625. The summed E-state index contributed by atoms with van der Waals surface area (Å²) in [4.78, 5) is 13.3. The summed E-state index contributed by atoms with van der Waals surface area (Å²) in [6.07, 6.45) is 0. The maximum Gasteiger partial charge on any atom is 0.244 e. The van der Waals surface area contributed by atoms with E-state index in [-0.39, 0.29) is 16.8 Å². The zero-order chi connectivity index (χ0) is 16.5. The van der Waals surface area contributed by atoms with Gasteiger partial charge >= 0.3 is 0 Å². The molecule has 1 heterocycles. The number of carbonyl (C=O) groups is 1. The van der Waals surface area contributed by atoms with E-state index in [2.05, 4.69) is 9.82 Å². The molecule has 0 aliphatic rings. The topological polar surface area (TPSA) is 84.3 Å². The number of aromatic nitrogens is 2. The monoisotopic (exact) mass is 316 g/mol. The minimum atomic E-state index is -3.79. The number of likely N-dealkylation sites (N-methyl/N-ethyl adjacent to an activating group) is 1. The molecule has 0 fully saturated rings. The zero-order valence-electron chi connectivity index (χ0n) is 13.6. The fraction of sp³-hybridized carbons (Fsp3) is 0.692. The highest BCUT2D eigenvalue weighted by Gasteiger charge is 2.29. The van der Waals surface area contributed by atoms with Gasteiger partial charge in [-0.25, -0.2) is 8.42 Å². The summed E-state index contributed by atoms with van der Waals surface area (Å²) in [6.45, 7) is 8.76. The third-order valence-electron chi connectivity index (χ3n) is 3.16. The lowest BCUT2D eigenvalue weighted by Crippen LogP contribution is -2.44. The molecule has 21 heavy (non-hydrogen) atoms. The number of nitrogens with zero attached hydrogens (tertiary/aromatic N) is 3. The smallest absolute Gasteiger partial charge is 0.244 e. The highest BCUT2D eigenvalue weighted by Crippen LogP contribution is 2.22. The molecule has 1 aromatic heterocycles. The van der Waals surface area contributed by atoms with Gasteiger partial charge in [-0.2, -0.15) is 9.82 Å². The molecule has 1 atom stereocenters. The molecule has 0 aliphatic heterocycles. The van der Waals surface area contributed by atoms with Gasteiger partial charge in [-0.05, 0) is 34.6 Å². The van der Waals surface area contributed by atoms with E-state index in [1.165, 1.54) is 11.8 Å². The van der Waals surface area contributed by atoms with E-state index in [0.29, 0.717) is 11.4 Å². The van der Waals surface area contributed by atoms with Crippen molar-refractivity contribution in [1.29, 1.82) is 0 Å². The molecule has 1 aromatic rings. The van der Waals surface area contributed by atoms with E-state index in [1.807, 2.05) is 13.8 Å². The van der Waals surface area contributed by atoms with Gasteiger partial charge in [0.25, 0.3) is 0 Å². The molecule has 0 bridgehead atoms. The second-order valence-corrected chi connectivity index (χ2v) is 7.26. The summed E-state index contributed by atoms with van der Waals surface area (Å²) >= 11 is 0. The fourth-order valence-electron chi connectivity index (χ4n) is 2.27. The van der Waals surface area contributed by atoms with Gasteiger partial charge in [0.1, 0.15) is 4.90 Å². The lowest BCUT2D eigenvalue weighted by molar-refractivity contribution is -0.130. The summed E-state index contributed by atoms with van der Waals surface area (Å²) < 4.78 is 29.1. The van der Waals surface area contributed by atoms with Crippen LogP contribution in [0.25, 0.3) is 0 Å². The van der Waals surface area contributed by atoms with E-state index < -0.39 is 16.1 Å². The van der Waals surface area contributed by atoms with Gasteiger partial charge in [0.15, 0.2) is 0 Å². The molecule has 1 N–H and O–H groups in total. The third-order valence-corrected chi connectivity index (χ3v) is 4.95. The van der Waals surface area contributed by atoms with Crippen LogP contribution in [0.4, 0.5) is 0 Å². The largest absolute Gasteiger partial charge is 0.347 e. The van der Waals surface area contributed by atoms with Gasteiger partial charge in [-0.1, -0.05) is 0 Å². The van der Waals surface area contributed by atoms with Crippen molar-refractivity contribution < 1.29 is 13.2 Å². The maximum absolute atomic E-state index is 12.5. The van der Waals surface area contributed by atoms with Gasteiger partial charge in [0, 0.05) is 20.1 Å². The van der Waals surface area contributed by atoms with Crippen LogP contribution in [0.3, 0.4) is 0 Å². The Kier molecular flexibility index (Phi) is 5.16. The first kappa shape index (κ1) is 17.6. The lowest BCUT2D eigenvalue weighted by atomic mass is 10.3. The van der Waals surface area contributed by atoms with Crippen LogP contribution < -0.4 is 4.72 Å². The maximum atomic E-state index is 12.5. The molecule has 1 rings (SSSR count). The van der Waals surface area contributed by atoms with E-state index in [9.17, 15) is 13.2 Å². The Labute approximate surface area is 126 Å². The fourth-order valence-corrected chi connectivity index (χ4v) is 3.87. The van der Waals surface area contributed by atoms with Crippen molar-refractivity contribution in [2.24, 2.45) is 0 Å². The van der Waals surface area contributed by atoms with Crippen molar-refractivity contribution in [3.05, 3.63) is 11.4 Å². The van der Waals surface area contributed by atoms with Gasteiger partial charge < -0.3 is 4.90 Å². The average Bonchev–Trinajstić information content (AvgIpc) is 2.63. The number of aryl methyl sites for hydroxylation is 1. The van der Waals surface area contributed by atoms with E-state index in [0.717, 1.165) is 0 Å². The molecule has 0 unspecified atom stereocenters. The summed E-state index contributed by atoms with van der Waals surface area (Å²) in [5.41, 5.74) is 0.998. The number of carbonyl (C=O) groups excluding carboxylic acids is 1. The Morgan fingerprint density at radius 2 is 1.76 bits per heavy atom. The van der Waals surface area contributed by atoms with Crippen LogP contribution in [0.15, 0.2) is 4.90 Å². The Morgan fingerprint density at radius 1 is 1.24 bits per heavy atom. The molecule has 120 valence electrons. The lowest BCUT2D eigenvalue weighted by Gasteiger charge is -2.18. The molecular formula is C13H24N4O3S. The molecule has 0 spiro atoms. The highest BCUT2D eigenvalue weighted by molar-refractivity contribution is 7.89. The van der Waals surface area contributed by atoms with Crippen LogP contribution in [0, 0.1) is 13.8 Å². The van der Waals surface area contributed by atoms with Crippen LogP contribution in [0.1, 0.15) is 38.2 Å². The third kappa shape index (κ3) is 3.62. The highest BCUT2D eigenvalue weighted by atomic mass is 32.2. The number of hydrogen-bond acceptors (Lipinski definition) is 4. The van der Waals surface area contributed by atoms with Gasteiger partial charge in [-0.15, -0.1) is 0 Å². The predicted octanol–water partition coefficient (Wildman–Crippen LogP) is 0.836. The molecule has 0 saturated heterocycles. The molecule has 7 nitrogen and oxygen atoms in total. The van der Waals surface area contributed by atoms with Crippen LogP contribution >= 0.6 is 0 Å². The van der Waals surface area contributed by atoms with Crippen molar-refractivity contribution >= 4 is 15.9 Å². The molecule has 0 saturated carbocycles. The molecule has 0 radical (unpaired) electrons. The number of amides is 1. The second-order valence-electron chi connectivity index (χ2n) is 5.61. The Bertz CT molecular complexity index is 632. The second kappa shape index (κ2) is 6.15. The van der Waals surface area contributed by atoms with Crippen molar-refractivity contribution in [1.82, 2.24) is 19.4 Å². The number of rotatable bonds is 5. The molecular weight excluding hydrogens is 292 g/mol. The first-order valence-electron chi connectivity index (χ1n) is 6.78. The van der Waals surface area contributed by atoms with Crippen LogP contribution in [0.2, 0.25) is 0 Å². The predicted molar refractivity (Wildman–Crippen MR) is 80.6 cm³/mol. The number of sulfonamides is 1. The molecule has 0 aromatic carbocycles. The van der Waals surface area contributed by atoms with Crippen LogP contribution in [-0.4, -0.2) is 49.1 Å². The minimum Gasteiger partial charge on any atom is -0.347 e.